The molecule has 0 fully saturated rings. The molecule has 0 atom stereocenters. The molecule has 0 bridgehead atoms. The fourth-order valence-corrected chi connectivity index (χ4v) is 8.75. The smallest absolute Gasteiger partial charge is 0.137 e. The molecule has 7 aromatic carbocycles. The molecule has 13 aromatic rings. The summed E-state index contributed by atoms with van der Waals surface area (Å²) in [5.41, 5.74) is 13.1. The molecule has 0 aliphatic heterocycles. The first-order valence-electron chi connectivity index (χ1n) is 18.7. The molecule has 0 unspecified atom stereocenters. The van der Waals surface area contributed by atoms with Crippen molar-refractivity contribution in [2.45, 2.75) is 6.92 Å². The van der Waals surface area contributed by atoms with E-state index in [0.717, 1.165) is 77.6 Å². The second kappa shape index (κ2) is 12.6. The summed E-state index contributed by atoms with van der Waals surface area (Å²) < 4.78 is 17.5. The van der Waals surface area contributed by atoms with Gasteiger partial charge in [0.1, 0.15) is 16.7 Å². The van der Waals surface area contributed by atoms with E-state index in [9.17, 15) is 0 Å². The fourth-order valence-electron chi connectivity index (χ4n) is 8.75. The van der Waals surface area contributed by atoms with E-state index in [1.807, 2.05) is 79.9 Å². The van der Waals surface area contributed by atoms with Crippen LogP contribution < -0.4 is 0 Å². The van der Waals surface area contributed by atoms with Crippen molar-refractivity contribution in [2.75, 3.05) is 0 Å². The average Bonchev–Trinajstić information content (AvgIpc) is 4.05. The average molecular weight is 911 g/mol. The molecule has 0 saturated heterocycles. The van der Waals surface area contributed by atoms with Crippen molar-refractivity contribution >= 4 is 93.0 Å². The van der Waals surface area contributed by atoms with E-state index in [-0.39, 0.29) is 20.1 Å². The van der Waals surface area contributed by atoms with Gasteiger partial charge in [0.25, 0.3) is 0 Å². The molecule has 0 aliphatic carbocycles. The second-order valence-electron chi connectivity index (χ2n) is 14.5. The Hall–Kier alpha value is -6.79. The van der Waals surface area contributed by atoms with Crippen LogP contribution in [-0.4, -0.2) is 18.9 Å². The third-order valence-corrected chi connectivity index (χ3v) is 11.3. The number of benzene rings is 7. The molecule has 13 rings (SSSR count). The summed E-state index contributed by atoms with van der Waals surface area (Å²) in [4.78, 5) is 9.45. The zero-order chi connectivity index (χ0) is 37.1. The summed E-state index contributed by atoms with van der Waals surface area (Å²) in [6.45, 7) is 2.03. The fraction of sp³-hybridized carbons (Fsp3) is 0.0400. The maximum atomic E-state index is 6.55. The standard InChI is InChI=1S/C38H20N3O2.C12H10N.Ir/c1-40-36-28(39-38(40)25-13-7-12-24-21-9-3-5-15-31(21)43-37(24)25)16-17-32-34(36)27-18-30-26(19-33(27)42-32)23-11-6-10-22-20-8-2-4-14-29(20)41(30)35(22)23;1-10-7-8-12(13-9-10)11-5-3-2-4-6-11;/h2-12,14-19H,1H3;2-5,7-9H,1H3;/q2*-1;. The van der Waals surface area contributed by atoms with Crippen LogP contribution in [0.4, 0.5) is 0 Å². The van der Waals surface area contributed by atoms with Gasteiger partial charge in [0.05, 0.1) is 44.4 Å². The van der Waals surface area contributed by atoms with Gasteiger partial charge in [-0.05, 0) is 54.6 Å². The van der Waals surface area contributed by atoms with Gasteiger partial charge in [0.15, 0.2) is 0 Å². The van der Waals surface area contributed by atoms with E-state index < -0.39 is 0 Å². The van der Waals surface area contributed by atoms with E-state index in [4.69, 9.17) is 13.8 Å². The minimum atomic E-state index is 0. The number of hydrogen-bond donors (Lipinski definition) is 0. The minimum absolute atomic E-state index is 0. The van der Waals surface area contributed by atoms with Gasteiger partial charge in [-0.3, -0.25) is 4.98 Å². The van der Waals surface area contributed by atoms with Crippen LogP contribution in [0.15, 0.2) is 155 Å². The van der Waals surface area contributed by atoms with Gasteiger partial charge in [0.2, 0.25) is 0 Å². The summed E-state index contributed by atoms with van der Waals surface area (Å²) in [7, 11) is 2.07. The number of nitrogens with zero attached hydrogens (tertiary/aromatic N) is 4. The number of imidazole rings is 1. The summed E-state index contributed by atoms with van der Waals surface area (Å²) >= 11 is 0. The second-order valence-corrected chi connectivity index (χ2v) is 14.5. The van der Waals surface area contributed by atoms with E-state index in [2.05, 4.69) is 106 Å². The van der Waals surface area contributed by atoms with Crippen molar-refractivity contribution in [3.63, 3.8) is 0 Å². The molecule has 273 valence electrons. The zero-order valence-electron chi connectivity index (χ0n) is 30.8. The largest absolute Gasteiger partial charge is 0.501 e. The van der Waals surface area contributed by atoms with Crippen LogP contribution in [0.1, 0.15) is 5.56 Å². The minimum Gasteiger partial charge on any atom is -0.501 e. The Morgan fingerprint density at radius 3 is 2.23 bits per heavy atom. The van der Waals surface area contributed by atoms with E-state index in [1.54, 1.807) is 0 Å². The normalized spacial score (nSPS) is 11.9. The number of fused-ring (bicyclic) bond motifs is 14. The molecule has 6 nitrogen and oxygen atoms in total. The molecule has 0 spiro atoms. The Bertz CT molecular complexity index is 3670. The Morgan fingerprint density at radius 1 is 0.579 bits per heavy atom. The Balaban J connectivity index is 0.000000229. The van der Waals surface area contributed by atoms with Crippen LogP contribution in [0.5, 0.6) is 0 Å². The number of rotatable bonds is 2. The molecule has 1 radical (unpaired) electrons. The number of para-hydroxylation sites is 3. The van der Waals surface area contributed by atoms with Crippen LogP contribution in [0.2, 0.25) is 0 Å². The van der Waals surface area contributed by atoms with Crippen molar-refractivity contribution in [1.29, 1.82) is 0 Å². The maximum absolute atomic E-state index is 6.55. The van der Waals surface area contributed by atoms with Crippen LogP contribution in [0, 0.1) is 19.1 Å². The Labute approximate surface area is 339 Å². The van der Waals surface area contributed by atoms with Crippen molar-refractivity contribution in [3.05, 3.63) is 163 Å². The van der Waals surface area contributed by atoms with Gasteiger partial charge in [0, 0.05) is 65.7 Å². The number of aromatic nitrogens is 4. The molecule has 0 saturated carbocycles. The number of pyridine rings is 1. The third kappa shape index (κ3) is 4.86. The van der Waals surface area contributed by atoms with Crippen LogP contribution in [-0.2, 0) is 27.2 Å². The van der Waals surface area contributed by atoms with Crippen molar-refractivity contribution in [1.82, 2.24) is 18.9 Å². The first-order valence-corrected chi connectivity index (χ1v) is 18.7. The van der Waals surface area contributed by atoms with Gasteiger partial charge in [-0.2, -0.15) is 0 Å². The summed E-state index contributed by atoms with van der Waals surface area (Å²) in [6, 6.07) is 54.6. The SMILES string of the molecule is Cc1ccc(-c2[c-]cccc2)nc1.Cn1c(-c2[c-]ccc3c2oc2ccccc23)nc2ccc3oc4cc5c6cccc7c8ccccc8n(c5cc4c3c21)c76.[Ir]. The molecule has 7 heteroatoms. The molecule has 0 amide bonds. The van der Waals surface area contributed by atoms with Crippen molar-refractivity contribution < 1.29 is 28.9 Å². The summed E-state index contributed by atoms with van der Waals surface area (Å²) in [5, 5.41) is 9.30. The van der Waals surface area contributed by atoms with E-state index in [1.165, 1.54) is 43.7 Å². The van der Waals surface area contributed by atoms with Gasteiger partial charge in [-0.15, -0.1) is 54.1 Å². The summed E-state index contributed by atoms with van der Waals surface area (Å²) in [6.07, 6.45) is 1.87. The molecular weight excluding hydrogens is 881 g/mol. The third-order valence-electron chi connectivity index (χ3n) is 11.3. The van der Waals surface area contributed by atoms with Crippen LogP contribution in [0.3, 0.4) is 0 Å². The predicted molar refractivity (Wildman–Crippen MR) is 227 cm³/mol. The van der Waals surface area contributed by atoms with E-state index in [0.29, 0.717) is 0 Å². The molecular formula is C50H30IrN4O2-2. The maximum Gasteiger partial charge on any atom is 0.137 e. The molecule has 0 aliphatic rings. The summed E-state index contributed by atoms with van der Waals surface area (Å²) in [5.74, 6) is 0.813. The monoisotopic (exact) mass is 911 g/mol. The molecule has 0 N–H and O–H groups in total. The van der Waals surface area contributed by atoms with Gasteiger partial charge >= 0.3 is 0 Å². The molecule has 6 aromatic heterocycles. The van der Waals surface area contributed by atoms with Crippen LogP contribution in [0.25, 0.3) is 116 Å². The number of aryl methyl sites for hydroxylation is 2. The molecule has 57 heavy (non-hydrogen) atoms. The number of hydrogen-bond acceptors (Lipinski definition) is 4. The van der Waals surface area contributed by atoms with Gasteiger partial charge < -0.3 is 22.8 Å². The number of furan rings is 2. The van der Waals surface area contributed by atoms with E-state index >= 15 is 0 Å². The first kappa shape index (κ1) is 33.5. The van der Waals surface area contributed by atoms with Crippen molar-refractivity contribution in [3.8, 4) is 22.6 Å². The quantitative estimate of drug-likeness (QED) is 0.162. The van der Waals surface area contributed by atoms with Crippen molar-refractivity contribution in [2.24, 2.45) is 7.05 Å². The van der Waals surface area contributed by atoms with Crippen LogP contribution >= 0.6 is 0 Å². The molecule has 6 heterocycles. The Morgan fingerprint density at radius 2 is 1.39 bits per heavy atom. The van der Waals surface area contributed by atoms with Gasteiger partial charge in [-0.1, -0.05) is 77.7 Å². The topological polar surface area (TPSA) is 61.4 Å². The zero-order valence-corrected chi connectivity index (χ0v) is 33.2. The first-order chi connectivity index (χ1) is 27.6. The van der Waals surface area contributed by atoms with Gasteiger partial charge in [-0.25, -0.2) is 0 Å². The Kier molecular flexibility index (Phi) is 7.42. The predicted octanol–water partition coefficient (Wildman–Crippen LogP) is 12.8.